The average Bonchev–Trinajstić information content (AvgIpc) is 2.81. The molecule has 3 rings (SSSR count). The van der Waals surface area contributed by atoms with E-state index in [4.69, 9.17) is 4.74 Å². The Labute approximate surface area is 196 Å². The van der Waals surface area contributed by atoms with E-state index in [1.807, 2.05) is 50.2 Å². The molecule has 0 spiro atoms. The van der Waals surface area contributed by atoms with Gasteiger partial charge >= 0.3 is 6.03 Å². The van der Waals surface area contributed by atoms with Crippen LogP contribution in [0, 0.1) is 12.8 Å². The minimum Gasteiger partial charge on any atom is -0.382 e. The van der Waals surface area contributed by atoms with Crippen LogP contribution in [0.3, 0.4) is 0 Å². The van der Waals surface area contributed by atoms with E-state index in [1.54, 1.807) is 6.07 Å². The number of hydrogen-bond acceptors (Lipinski definition) is 4. The van der Waals surface area contributed by atoms with Crippen molar-refractivity contribution in [1.82, 2.24) is 5.32 Å². The van der Waals surface area contributed by atoms with Crippen molar-refractivity contribution in [3.05, 3.63) is 53.6 Å². The SMILES string of the molecule is CCOCCCNC(=O)c1cc(NC(=O)Nc2ccc(C)cc2)ccc1N1CCC(C)CC1. The number of urea groups is 1. The molecular formula is C26H36N4O3. The molecule has 0 unspecified atom stereocenters. The van der Waals surface area contributed by atoms with Crippen LogP contribution in [0.5, 0.6) is 0 Å². The Kier molecular flexibility index (Phi) is 9.13. The fraction of sp³-hybridized carbons (Fsp3) is 0.462. The molecule has 1 heterocycles. The zero-order valence-electron chi connectivity index (χ0n) is 19.9. The van der Waals surface area contributed by atoms with E-state index in [0.29, 0.717) is 42.6 Å². The second kappa shape index (κ2) is 12.3. The van der Waals surface area contributed by atoms with E-state index in [-0.39, 0.29) is 11.9 Å². The zero-order valence-corrected chi connectivity index (χ0v) is 19.9. The minimum atomic E-state index is -0.346. The number of rotatable bonds is 9. The van der Waals surface area contributed by atoms with Gasteiger partial charge in [0.2, 0.25) is 0 Å². The first-order valence-corrected chi connectivity index (χ1v) is 11.9. The molecule has 1 fully saturated rings. The van der Waals surface area contributed by atoms with E-state index < -0.39 is 0 Å². The molecule has 1 aliphatic rings. The maximum Gasteiger partial charge on any atom is 0.323 e. The molecule has 1 saturated heterocycles. The lowest BCUT2D eigenvalue weighted by Crippen LogP contribution is -2.35. The molecule has 0 atom stereocenters. The highest BCUT2D eigenvalue weighted by Crippen LogP contribution is 2.29. The summed E-state index contributed by atoms with van der Waals surface area (Å²) in [6.45, 7) is 9.90. The van der Waals surface area contributed by atoms with Crippen LogP contribution in [-0.2, 0) is 4.74 Å². The number of carbonyl (C=O) groups is 2. The normalized spacial score (nSPS) is 14.1. The number of ether oxygens (including phenoxy) is 1. The molecule has 0 bridgehead atoms. The zero-order chi connectivity index (χ0) is 23.6. The highest BCUT2D eigenvalue weighted by molar-refractivity contribution is 6.04. The lowest BCUT2D eigenvalue weighted by Gasteiger charge is -2.33. The number of aryl methyl sites for hydroxylation is 1. The fourth-order valence-electron chi connectivity index (χ4n) is 3.87. The van der Waals surface area contributed by atoms with E-state index in [1.165, 1.54) is 0 Å². The van der Waals surface area contributed by atoms with E-state index in [0.717, 1.165) is 43.6 Å². The second-order valence-corrected chi connectivity index (χ2v) is 8.65. The van der Waals surface area contributed by atoms with Gasteiger partial charge in [-0.1, -0.05) is 24.6 Å². The second-order valence-electron chi connectivity index (χ2n) is 8.65. The van der Waals surface area contributed by atoms with Gasteiger partial charge in [-0.05, 0) is 69.4 Å². The Hall–Kier alpha value is -3.06. The van der Waals surface area contributed by atoms with Gasteiger partial charge in [-0.3, -0.25) is 4.79 Å². The summed E-state index contributed by atoms with van der Waals surface area (Å²) in [5.74, 6) is 0.561. The van der Waals surface area contributed by atoms with E-state index in [2.05, 4.69) is 27.8 Å². The third-order valence-corrected chi connectivity index (χ3v) is 5.89. The van der Waals surface area contributed by atoms with E-state index in [9.17, 15) is 9.59 Å². The first-order chi connectivity index (χ1) is 16.0. The predicted molar refractivity (Wildman–Crippen MR) is 134 cm³/mol. The van der Waals surface area contributed by atoms with Gasteiger partial charge in [-0.2, -0.15) is 0 Å². The average molecular weight is 453 g/mol. The lowest BCUT2D eigenvalue weighted by molar-refractivity contribution is 0.0944. The molecule has 2 aromatic carbocycles. The lowest BCUT2D eigenvalue weighted by atomic mass is 9.98. The number of carbonyl (C=O) groups excluding carboxylic acids is 2. The number of piperidine rings is 1. The van der Waals surface area contributed by atoms with Crippen molar-refractivity contribution < 1.29 is 14.3 Å². The molecule has 0 aromatic heterocycles. The Morgan fingerprint density at radius 1 is 1.03 bits per heavy atom. The van der Waals surface area contributed by atoms with Gasteiger partial charge in [-0.25, -0.2) is 4.79 Å². The topological polar surface area (TPSA) is 82.7 Å². The van der Waals surface area contributed by atoms with Crippen LogP contribution in [0.25, 0.3) is 0 Å². The summed E-state index contributed by atoms with van der Waals surface area (Å²) in [6.07, 6.45) is 2.97. The van der Waals surface area contributed by atoms with Crippen LogP contribution in [0.1, 0.15) is 49.0 Å². The van der Waals surface area contributed by atoms with Crippen LogP contribution >= 0.6 is 0 Å². The standard InChI is InChI=1S/C26H36N4O3/c1-4-33-17-5-14-27-25(31)23-18-22(10-11-24(23)30-15-12-20(3)13-16-30)29-26(32)28-21-8-6-19(2)7-9-21/h6-11,18,20H,4-5,12-17H2,1-3H3,(H,27,31)(H2,28,29,32). The molecule has 0 saturated carbocycles. The Morgan fingerprint density at radius 3 is 2.39 bits per heavy atom. The third-order valence-electron chi connectivity index (χ3n) is 5.89. The van der Waals surface area contributed by atoms with Crippen LogP contribution in [0.15, 0.2) is 42.5 Å². The van der Waals surface area contributed by atoms with Crippen molar-refractivity contribution >= 4 is 29.0 Å². The van der Waals surface area contributed by atoms with Crippen molar-refractivity contribution in [2.45, 2.75) is 40.0 Å². The van der Waals surface area contributed by atoms with Crippen molar-refractivity contribution in [2.24, 2.45) is 5.92 Å². The maximum absolute atomic E-state index is 13.1. The van der Waals surface area contributed by atoms with Crippen LogP contribution in [0.4, 0.5) is 21.9 Å². The van der Waals surface area contributed by atoms with Crippen molar-refractivity contribution in [3.8, 4) is 0 Å². The van der Waals surface area contributed by atoms with Gasteiger partial charge < -0.3 is 25.6 Å². The summed E-state index contributed by atoms with van der Waals surface area (Å²) in [4.78, 5) is 27.8. The number of nitrogens with zero attached hydrogens (tertiary/aromatic N) is 1. The molecule has 33 heavy (non-hydrogen) atoms. The molecule has 0 aliphatic carbocycles. The van der Waals surface area contributed by atoms with E-state index >= 15 is 0 Å². The quantitative estimate of drug-likeness (QED) is 0.466. The Bertz CT molecular complexity index is 922. The molecule has 7 nitrogen and oxygen atoms in total. The monoisotopic (exact) mass is 452 g/mol. The molecule has 7 heteroatoms. The molecule has 0 radical (unpaired) electrons. The first-order valence-electron chi connectivity index (χ1n) is 11.9. The van der Waals surface area contributed by atoms with Crippen LogP contribution in [0.2, 0.25) is 0 Å². The van der Waals surface area contributed by atoms with Gasteiger partial charge in [0.25, 0.3) is 5.91 Å². The van der Waals surface area contributed by atoms with Crippen molar-refractivity contribution in [3.63, 3.8) is 0 Å². The van der Waals surface area contributed by atoms with Crippen molar-refractivity contribution in [2.75, 3.05) is 48.4 Å². The maximum atomic E-state index is 13.1. The molecule has 3 amide bonds. The Morgan fingerprint density at radius 2 is 1.70 bits per heavy atom. The fourth-order valence-corrected chi connectivity index (χ4v) is 3.87. The number of anilines is 3. The van der Waals surface area contributed by atoms with Crippen LogP contribution < -0.4 is 20.9 Å². The van der Waals surface area contributed by atoms with Crippen LogP contribution in [-0.4, -0.2) is 44.8 Å². The largest absolute Gasteiger partial charge is 0.382 e. The predicted octanol–water partition coefficient (Wildman–Crippen LogP) is 5.03. The van der Waals surface area contributed by atoms with Crippen molar-refractivity contribution in [1.29, 1.82) is 0 Å². The minimum absolute atomic E-state index is 0.136. The number of nitrogens with one attached hydrogen (secondary N) is 3. The highest BCUT2D eigenvalue weighted by Gasteiger charge is 2.22. The van der Waals surface area contributed by atoms with Gasteiger partial charge in [-0.15, -0.1) is 0 Å². The molecule has 3 N–H and O–H groups in total. The Balaban J connectivity index is 1.71. The summed E-state index contributed by atoms with van der Waals surface area (Å²) >= 11 is 0. The molecule has 178 valence electrons. The van der Waals surface area contributed by atoms with Gasteiger partial charge in [0.15, 0.2) is 0 Å². The molecule has 2 aromatic rings. The van der Waals surface area contributed by atoms with Gasteiger partial charge in [0, 0.05) is 49.9 Å². The number of hydrogen-bond donors (Lipinski definition) is 3. The first kappa shape index (κ1) is 24.6. The highest BCUT2D eigenvalue weighted by atomic mass is 16.5. The summed E-state index contributed by atoms with van der Waals surface area (Å²) in [5.41, 5.74) is 3.90. The third kappa shape index (κ3) is 7.49. The summed E-state index contributed by atoms with van der Waals surface area (Å²) in [5, 5.41) is 8.68. The summed E-state index contributed by atoms with van der Waals surface area (Å²) in [6, 6.07) is 12.8. The summed E-state index contributed by atoms with van der Waals surface area (Å²) < 4.78 is 5.35. The number of benzene rings is 2. The summed E-state index contributed by atoms with van der Waals surface area (Å²) in [7, 11) is 0. The molecular weight excluding hydrogens is 416 g/mol. The molecule has 1 aliphatic heterocycles. The number of amides is 3. The van der Waals surface area contributed by atoms with Gasteiger partial charge in [0.05, 0.1) is 5.56 Å². The smallest absolute Gasteiger partial charge is 0.323 e. The van der Waals surface area contributed by atoms with Gasteiger partial charge in [0.1, 0.15) is 0 Å².